The monoisotopic (exact) mass is 436 g/mol. The second-order valence-corrected chi connectivity index (χ2v) is 8.36. The lowest BCUT2D eigenvalue weighted by Crippen LogP contribution is -2.45. The molecule has 3 aliphatic rings. The minimum atomic E-state index is -0.847. The molecule has 9 nitrogen and oxygen atoms in total. The Labute approximate surface area is 185 Å². The summed E-state index contributed by atoms with van der Waals surface area (Å²) >= 11 is 0. The van der Waals surface area contributed by atoms with Crippen LogP contribution in [0, 0.1) is 0 Å². The second kappa shape index (κ2) is 7.81. The van der Waals surface area contributed by atoms with E-state index in [9.17, 15) is 14.4 Å². The number of nitrogens with one attached hydrogen (secondary N) is 1. The molecule has 1 spiro atoms. The highest BCUT2D eigenvalue weighted by atomic mass is 16.5. The number of rotatable bonds is 5. The van der Waals surface area contributed by atoms with Crippen LogP contribution in [0.4, 0.5) is 4.79 Å². The number of hydrazone groups is 1. The molecule has 1 aliphatic carbocycles. The third kappa shape index (κ3) is 3.34. The van der Waals surface area contributed by atoms with Crippen LogP contribution >= 0.6 is 0 Å². The number of carbonyl (C=O) groups is 3. The minimum Gasteiger partial charge on any atom is -0.497 e. The van der Waals surface area contributed by atoms with Crippen molar-refractivity contribution in [3.63, 3.8) is 0 Å². The average molecular weight is 436 g/mol. The number of amides is 4. The van der Waals surface area contributed by atoms with Crippen molar-refractivity contribution in [3.05, 3.63) is 54.0 Å². The quantitative estimate of drug-likeness (QED) is 0.726. The van der Waals surface area contributed by atoms with Crippen molar-refractivity contribution in [1.82, 2.24) is 15.2 Å². The van der Waals surface area contributed by atoms with Gasteiger partial charge in [-0.25, -0.2) is 9.80 Å². The largest absolute Gasteiger partial charge is 0.497 e. The van der Waals surface area contributed by atoms with E-state index in [-0.39, 0.29) is 12.5 Å². The van der Waals surface area contributed by atoms with Gasteiger partial charge in [0.2, 0.25) is 0 Å². The van der Waals surface area contributed by atoms with Crippen LogP contribution in [0.25, 0.3) is 0 Å². The van der Waals surface area contributed by atoms with Crippen molar-refractivity contribution in [1.29, 1.82) is 0 Å². The summed E-state index contributed by atoms with van der Waals surface area (Å²) in [6.07, 6.45) is 4.99. The summed E-state index contributed by atoms with van der Waals surface area (Å²) in [4.78, 5) is 39.7. The third-order valence-corrected chi connectivity index (χ3v) is 6.46. The Morgan fingerprint density at radius 1 is 1.22 bits per heavy atom. The van der Waals surface area contributed by atoms with Crippen LogP contribution in [0.1, 0.15) is 49.5 Å². The van der Waals surface area contributed by atoms with Crippen LogP contribution in [0.2, 0.25) is 0 Å². The Bertz CT molecular complexity index is 1070. The SMILES string of the molecule is COc1ccc(C2=NN(C(=O)CN3C(=O)NC4(CCCC4)C3=O)C(c3ccco3)C2)cc1. The van der Waals surface area contributed by atoms with Gasteiger partial charge in [0.25, 0.3) is 11.8 Å². The maximum Gasteiger partial charge on any atom is 0.325 e. The lowest BCUT2D eigenvalue weighted by Gasteiger charge is -2.23. The fourth-order valence-electron chi connectivity index (χ4n) is 4.75. The van der Waals surface area contributed by atoms with E-state index in [1.807, 2.05) is 24.3 Å². The lowest BCUT2D eigenvalue weighted by molar-refractivity contribution is -0.140. The van der Waals surface area contributed by atoms with Gasteiger partial charge < -0.3 is 14.5 Å². The van der Waals surface area contributed by atoms with Crippen LogP contribution < -0.4 is 10.1 Å². The first-order valence-corrected chi connectivity index (χ1v) is 10.7. The molecule has 1 atom stereocenters. The Hall–Kier alpha value is -3.62. The molecule has 4 amide bonds. The third-order valence-electron chi connectivity index (χ3n) is 6.46. The van der Waals surface area contributed by atoms with Gasteiger partial charge in [0.15, 0.2) is 0 Å². The van der Waals surface area contributed by atoms with Gasteiger partial charge in [-0.3, -0.25) is 14.5 Å². The van der Waals surface area contributed by atoms with E-state index in [2.05, 4.69) is 10.4 Å². The smallest absolute Gasteiger partial charge is 0.325 e. The predicted octanol–water partition coefficient (Wildman–Crippen LogP) is 2.83. The highest BCUT2D eigenvalue weighted by molar-refractivity contribution is 6.09. The van der Waals surface area contributed by atoms with Gasteiger partial charge in [-0.1, -0.05) is 12.8 Å². The number of urea groups is 1. The summed E-state index contributed by atoms with van der Waals surface area (Å²) in [6, 6.07) is 10.0. The number of benzene rings is 1. The average Bonchev–Trinajstić information content (AvgIpc) is 3.59. The first kappa shape index (κ1) is 20.3. The van der Waals surface area contributed by atoms with Gasteiger partial charge in [-0.05, 0) is 54.8 Å². The normalized spacial score (nSPS) is 21.9. The summed E-state index contributed by atoms with van der Waals surface area (Å²) in [7, 11) is 1.60. The summed E-state index contributed by atoms with van der Waals surface area (Å²) < 4.78 is 10.8. The van der Waals surface area contributed by atoms with Crippen molar-refractivity contribution in [2.75, 3.05) is 13.7 Å². The zero-order chi connectivity index (χ0) is 22.3. The number of hydrogen-bond acceptors (Lipinski definition) is 6. The van der Waals surface area contributed by atoms with Gasteiger partial charge >= 0.3 is 6.03 Å². The standard InChI is InChI=1S/C23H24N4O5/c1-31-16-8-6-15(7-9-16)17-13-18(19-5-4-12-32-19)27(25-17)20(28)14-26-21(29)23(24-22(26)30)10-2-3-11-23/h4-9,12,18H,2-3,10-11,13-14H2,1H3,(H,24,30). The molecule has 5 rings (SSSR count). The maximum atomic E-state index is 13.3. The minimum absolute atomic E-state index is 0.318. The molecule has 1 saturated carbocycles. The number of imide groups is 1. The van der Waals surface area contributed by atoms with Crippen molar-refractivity contribution >= 4 is 23.6 Å². The Balaban J connectivity index is 1.39. The fourth-order valence-corrected chi connectivity index (χ4v) is 4.75. The van der Waals surface area contributed by atoms with E-state index < -0.39 is 23.5 Å². The first-order chi connectivity index (χ1) is 15.5. The topological polar surface area (TPSA) is 104 Å². The van der Waals surface area contributed by atoms with E-state index in [0.717, 1.165) is 29.1 Å². The molecule has 2 aliphatic heterocycles. The molecule has 1 saturated heterocycles. The molecule has 32 heavy (non-hydrogen) atoms. The Morgan fingerprint density at radius 3 is 2.62 bits per heavy atom. The van der Waals surface area contributed by atoms with E-state index >= 15 is 0 Å². The molecule has 3 heterocycles. The molecule has 1 aromatic heterocycles. The summed E-state index contributed by atoms with van der Waals surface area (Å²) in [6.45, 7) is -0.358. The van der Waals surface area contributed by atoms with Crippen molar-refractivity contribution < 1.29 is 23.5 Å². The number of ether oxygens (including phenoxy) is 1. The van der Waals surface area contributed by atoms with Gasteiger partial charge in [0, 0.05) is 6.42 Å². The zero-order valence-corrected chi connectivity index (χ0v) is 17.7. The molecule has 0 radical (unpaired) electrons. The van der Waals surface area contributed by atoms with Gasteiger partial charge in [0.05, 0.1) is 19.1 Å². The predicted molar refractivity (Wildman–Crippen MR) is 114 cm³/mol. The van der Waals surface area contributed by atoms with Gasteiger partial charge in [-0.15, -0.1) is 0 Å². The zero-order valence-electron chi connectivity index (χ0n) is 17.7. The molecule has 1 aromatic carbocycles. The van der Waals surface area contributed by atoms with Crippen LogP contribution in [0.5, 0.6) is 5.75 Å². The molecule has 2 aromatic rings. The molecule has 0 bridgehead atoms. The first-order valence-electron chi connectivity index (χ1n) is 10.7. The molecule has 2 fully saturated rings. The number of furan rings is 1. The molecule has 1 unspecified atom stereocenters. The van der Waals surface area contributed by atoms with Crippen LogP contribution in [-0.2, 0) is 9.59 Å². The molecular weight excluding hydrogens is 412 g/mol. The Morgan fingerprint density at radius 2 is 1.97 bits per heavy atom. The van der Waals surface area contributed by atoms with Gasteiger partial charge in [-0.2, -0.15) is 5.10 Å². The second-order valence-electron chi connectivity index (χ2n) is 8.36. The number of hydrogen-bond donors (Lipinski definition) is 1. The van der Waals surface area contributed by atoms with Crippen molar-refractivity contribution in [2.24, 2.45) is 5.10 Å². The molecule has 166 valence electrons. The number of methoxy groups -OCH3 is 1. The molecule has 1 N–H and O–H groups in total. The number of carbonyl (C=O) groups excluding carboxylic acids is 3. The Kier molecular flexibility index (Phi) is 4.96. The van der Waals surface area contributed by atoms with Crippen LogP contribution in [0.3, 0.4) is 0 Å². The highest BCUT2D eigenvalue weighted by Crippen LogP contribution is 2.36. The van der Waals surface area contributed by atoms with Crippen molar-refractivity contribution in [2.45, 2.75) is 43.7 Å². The van der Waals surface area contributed by atoms with Gasteiger partial charge in [0.1, 0.15) is 29.6 Å². The van der Waals surface area contributed by atoms with E-state index in [1.54, 1.807) is 25.5 Å². The molecular formula is C23H24N4O5. The lowest BCUT2D eigenvalue weighted by atomic mass is 9.98. The summed E-state index contributed by atoms with van der Waals surface area (Å²) in [5.74, 6) is 0.562. The fraction of sp³-hybridized carbons (Fsp3) is 0.391. The maximum absolute atomic E-state index is 13.3. The summed E-state index contributed by atoms with van der Waals surface area (Å²) in [5.41, 5.74) is 0.727. The number of nitrogens with zero attached hydrogens (tertiary/aromatic N) is 3. The van der Waals surface area contributed by atoms with Crippen LogP contribution in [-0.4, -0.2) is 52.7 Å². The summed E-state index contributed by atoms with van der Waals surface area (Å²) in [5, 5.41) is 8.70. The highest BCUT2D eigenvalue weighted by Gasteiger charge is 2.53. The van der Waals surface area contributed by atoms with E-state index in [4.69, 9.17) is 9.15 Å². The van der Waals surface area contributed by atoms with E-state index in [1.165, 1.54) is 5.01 Å². The van der Waals surface area contributed by atoms with Crippen LogP contribution in [0.15, 0.2) is 52.2 Å². The molecule has 9 heteroatoms. The van der Waals surface area contributed by atoms with E-state index in [0.29, 0.717) is 30.7 Å². The van der Waals surface area contributed by atoms with Crippen molar-refractivity contribution in [3.8, 4) is 5.75 Å².